The number of aliphatic hydroxyl groups is 1. The highest BCUT2D eigenvalue weighted by Crippen LogP contribution is 2.37. The number of nitrogens with zero attached hydrogens (tertiary/aromatic N) is 2. The van der Waals surface area contributed by atoms with Gasteiger partial charge in [0.15, 0.2) is 19.5 Å². The number of hydrogen-bond donors (Lipinski definition) is 1. The van der Waals surface area contributed by atoms with Gasteiger partial charge in [-0.25, -0.2) is 0 Å². The van der Waals surface area contributed by atoms with Gasteiger partial charge in [-0.05, 0) is 18.1 Å². The van der Waals surface area contributed by atoms with E-state index in [4.69, 9.17) is 28.5 Å². The lowest BCUT2D eigenvalue weighted by molar-refractivity contribution is -0.104. The highest BCUT2D eigenvalue weighted by atomic mass is 28.2. The highest BCUT2D eigenvalue weighted by Gasteiger charge is 2.36. The number of rotatable bonds is 11. The first-order valence-electron chi connectivity index (χ1n) is 11.0. The van der Waals surface area contributed by atoms with Crippen molar-refractivity contribution in [3.63, 3.8) is 0 Å². The maximum atomic E-state index is 9.08. The molecule has 0 unspecified atom stereocenters. The fraction of sp³-hybridized carbons (Fsp3) is 0.667. The van der Waals surface area contributed by atoms with Gasteiger partial charge in [0.1, 0.15) is 18.6 Å². The van der Waals surface area contributed by atoms with Gasteiger partial charge in [-0.3, -0.25) is 4.68 Å². The molecule has 0 fully saturated rings. The maximum absolute atomic E-state index is 9.08. The molecule has 7 nitrogen and oxygen atoms in total. The van der Waals surface area contributed by atoms with Crippen molar-refractivity contribution < 1.29 is 23.4 Å². The Morgan fingerprint density at radius 3 is 2.70 bits per heavy atom. The number of aromatic nitrogens is 2. The molecule has 30 heavy (non-hydrogen) atoms. The van der Waals surface area contributed by atoms with Crippen LogP contribution in [0.25, 0.3) is 10.9 Å². The van der Waals surface area contributed by atoms with Gasteiger partial charge in [0.05, 0.1) is 31.0 Å². The Labute approximate surface area is 183 Å². The Hall–Kier alpha value is -1.24. The molecule has 2 atom stereocenters. The molecule has 0 aliphatic carbocycles. The molecule has 1 aromatic heterocycles. The van der Waals surface area contributed by atoms with Crippen molar-refractivity contribution >= 4 is 30.4 Å². The number of fused-ring (bicyclic) bond motifs is 3. The van der Waals surface area contributed by atoms with E-state index >= 15 is 0 Å². The molecular weight excluding hydrogens is 416 g/mol. The summed E-state index contributed by atoms with van der Waals surface area (Å²) in [4.78, 5) is 0. The Balaban J connectivity index is 1.86. The molecular formula is C21H36N2O5Si2. The Kier molecular flexibility index (Phi) is 8.11. The van der Waals surface area contributed by atoms with Crippen LogP contribution in [0.3, 0.4) is 0 Å². The molecule has 0 amide bonds. The zero-order valence-corrected chi connectivity index (χ0v) is 21.7. The molecule has 0 spiro atoms. The van der Waals surface area contributed by atoms with Gasteiger partial charge in [-0.15, -0.1) is 0 Å². The van der Waals surface area contributed by atoms with Crippen LogP contribution in [0.15, 0.2) is 18.3 Å². The number of aliphatic hydroxyl groups excluding tert-OH is 1. The van der Waals surface area contributed by atoms with Crippen LogP contribution >= 0.6 is 0 Å². The summed E-state index contributed by atoms with van der Waals surface area (Å²) in [5.41, 5.74) is 2.12. The largest absolute Gasteiger partial charge is 0.491 e. The third kappa shape index (κ3) is 4.97. The second-order valence-electron chi connectivity index (χ2n) is 8.50. The van der Waals surface area contributed by atoms with Crippen molar-refractivity contribution in [2.45, 2.75) is 59.2 Å². The van der Waals surface area contributed by atoms with Crippen LogP contribution in [-0.2, 0) is 26.6 Å². The quantitative estimate of drug-likeness (QED) is 0.413. The van der Waals surface area contributed by atoms with Gasteiger partial charge >= 0.3 is 0 Å². The lowest BCUT2D eigenvalue weighted by atomic mass is 9.79. The van der Waals surface area contributed by atoms with E-state index in [-0.39, 0.29) is 24.4 Å². The molecule has 1 aromatic carbocycles. The molecule has 3 rings (SSSR count). The van der Waals surface area contributed by atoms with Crippen LogP contribution in [0.1, 0.15) is 26.3 Å². The average molecular weight is 453 g/mol. The molecule has 0 radical (unpaired) electrons. The fourth-order valence-electron chi connectivity index (χ4n) is 4.01. The first-order chi connectivity index (χ1) is 14.4. The molecule has 1 aliphatic heterocycles. The van der Waals surface area contributed by atoms with Gasteiger partial charge in [0, 0.05) is 29.3 Å². The predicted octanol–water partition coefficient (Wildman–Crippen LogP) is 1.63. The van der Waals surface area contributed by atoms with Crippen LogP contribution in [-0.4, -0.2) is 66.6 Å². The minimum absolute atomic E-state index is 0.0185. The Morgan fingerprint density at radius 1 is 1.30 bits per heavy atom. The standard InChI is InChI=1S/C21H36N2O5Si2/c1-14(21(2,3)20(27-29-4)28-30-5)12-23-19-15(11-22-23)6-7-18-17(19)10-16(13-26-18)25-9-8-24/h6-7,11,14,16,20,24H,8-10,12-13,29-30H2,1-5H3/t14-,16+/m0/s1. The van der Waals surface area contributed by atoms with E-state index in [1.165, 1.54) is 0 Å². The van der Waals surface area contributed by atoms with Crippen LogP contribution < -0.4 is 4.74 Å². The summed E-state index contributed by atoms with van der Waals surface area (Å²) in [7, 11) is -1.11. The summed E-state index contributed by atoms with van der Waals surface area (Å²) in [6.07, 6.45) is 2.49. The lowest BCUT2D eigenvalue weighted by Gasteiger charge is -2.39. The topological polar surface area (TPSA) is 75.0 Å². The summed E-state index contributed by atoms with van der Waals surface area (Å²) in [5, 5.41) is 14.9. The van der Waals surface area contributed by atoms with Crippen molar-refractivity contribution in [3.05, 3.63) is 23.9 Å². The van der Waals surface area contributed by atoms with E-state index in [0.29, 0.717) is 19.1 Å². The minimum Gasteiger partial charge on any atom is -0.491 e. The minimum atomic E-state index is -0.557. The molecule has 1 aliphatic rings. The van der Waals surface area contributed by atoms with Gasteiger partial charge in [-0.2, -0.15) is 5.10 Å². The summed E-state index contributed by atoms with van der Waals surface area (Å²) < 4.78 is 26.0. The highest BCUT2D eigenvalue weighted by molar-refractivity contribution is 6.26. The Morgan fingerprint density at radius 2 is 2.03 bits per heavy atom. The fourth-order valence-corrected chi connectivity index (χ4v) is 5.86. The first kappa shape index (κ1) is 23.4. The van der Waals surface area contributed by atoms with Crippen molar-refractivity contribution in [1.82, 2.24) is 9.78 Å². The number of hydrogen-bond acceptors (Lipinski definition) is 6. The number of benzene rings is 1. The monoisotopic (exact) mass is 452 g/mol. The van der Waals surface area contributed by atoms with Crippen LogP contribution in [0.2, 0.25) is 13.1 Å². The van der Waals surface area contributed by atoms with Crippen molar-refractivity contribution in [1.29, 1.82) is 0 Å². The van der Waals surface area contributed by atoms with E-state index in [1.54, 1.807) is 0 Å². The number of ether oxygens (including phenoxy) is 2. The van der Waals surface area contributed by atoms with Gasteiger partial charge in [-0.1, -0.05) is 33.9 Å². The van der Waals surface area contributed by atoms with Crippen LogP contribution in [0, 0.1) is 11.3 Å². The van der Waals surface area contributed by atoms with E-state index in [2.05, 4.69) is 44.6 Å². The van der Waals surface area contributed by atoms with Crippen molar-refractivity contribution in [3.8, 4) is 5.75 Å². The normalized spacial score (nSPS) is 19.6. The van der Waals surface area contributed by atoms with Crippen LogP contribution in [0.5, 0.6) is 5.75 Å². The second kappa shape index (κ2) is 10.4. The molecule has 1 N–H and O–H groups in total. The first-order valence-corrected chi connectivity index (χ1v) is 15.0. The summed E-state index contributed by atoms with van der Waals surface area (Å²) >= 11 is 0. The lowest BCUT2D eigenvalue weighted by Crippen LogP contribution is -2.42. The van der Waals surface area contributed by atoms with Crippen molar-refractivity contribution in [2.75, 3.05) is 19.8 Å². The second-order valence-corrected chi connectivity index (χ2v) is 10.3. The van der Waals surface area contributed by atoms with Crippen molar-refractivity contribution in [2.24, 2.45) is 11.3 Å². The van der Waals surface area contributed by atoms with Gasteiger partial charge in [0.25, 0.3) is 0 Å². The van der Waals surface area contributed by atoms with E-state index in [0.717, 1.165) is 35.2 Å². The molecule has 0 bridgehead atoms. The van der Waals surface area contributed by atoms with Gasteiger partial charge in [0.2, 0.25) is 0 Å². The summed E-state index contributed by atoms with van der Waals surface area (Å²) in [6, 6.07) is 4.09. The SMILES string of the molecule is C[SiH2]OC(O[SiH2]C)C(C)(C)[C@@H](C)Cn1ncc2ccc3c(c21)C[C@@H](OCCO)CO3. The third-order valence-electron chi connectivity index (χ3n) is 6.13. The molecule has 0 saturated carbocycles. The molecule has 0 saturated heterocycles. The molecule has 168 valence electrons. The van der Waals surface area contributed by atoms with E-state index in [9.17, 15) is 0 Å². The predicted molar refractivity (Wildman–Crippen MR) is 123 cm³/mol. The summed E-state index contributed by atoms with van der Waals surface area (Å²) in [6.45, 7) is 12.6. The van der Waals surface area contributed by atoms with Crippen LogP contribution in [0.4, 0.5) is 0 Å². The van der Waals surface area contributed by atoms with E-state index in [1.807, 2.05) is 12.3 Å². The Bertz CT molecular complexity index is 823. The maximum Gasteiger partial charge on any atom is 0.161 e. The zero-order chi connectivity index (χ0) is 21.7. The third-order valence-corrected chi connectivity index (χ3v) is 7.40. The smallest absolute Gasteiger partial charge is 0.161 e. The molecule has 2 heterocycles. The molecule has 9 heteroatoms. The van der Waals surface area contributed by atoms with E-state index < -0.39 is 19.5 Å². The van der Waals surface area contributed by atoms with Gasteiger partial charge < -0.3 is 23.4 Å². The molecule has 2 aromatic rings. The summed E-state index contributed by atoms with van der Waals surface area (Å²) in [5.74, 6) is 1.20. The average Bonchev–Trinajstić information content (AvgIpc) is 3.15. The zero-order valence-electron chi connectivity index (χ0n) is 18.9.